The number of amides is 1. The molecule has 0 spiro atoms. The number of nitrogens with one attached hydrogen (secondary N) is 1. The highest BCUT2D eigenvalue weighted by atomic mass is 16.4. The van der Waals surface area contributed by atoms with Crippen molar-refractivity contribution in [3.63, 3.8) is 0 Å². The van der Waals surface area contributed by atoms with Gasteiger partial charge in [0.15, 0.2) is 6.54 Å². The zero-order valence-corrected chi connectivity index (χ0v) is 11.8. The topological polar surface area (TPSA) is 143 Å². The first-order chi connectivity index (χ1) is 9.08. The zero-order chi connectivity index (χ0) is 15.9. The number of aliphatic hydroxyl groups excluding tert-OH is 5. The first kappa shape index (κ1) is 18.9. The van der Waals surface area contributed by atoms with E-state index in [1.807, 2.05) is 21.1 Å². The van der Waals surface area contributed by atoms with Crippen LogP contribution in [0.5, 0.6) is 0 Å². The summed E-state index contributed by atoms with van der Waals surface area (Å²) in [4.78, 5) is 11.4. The minimum absolute atomic E-state index is 0.168. The van der Waals surface area contributed by atoms with Crippen molar-refractivity contribution in [1.29, 1.82) is 0 Å². The molecule has 0 aliphatic heterocycles. The number of likely N-dealkylation sites (N-methyl/N-ethyl adjacent to an activating group) is 1. The summed E-state index contributed by atoms with van der Waals surface area (Å²) in [5.74, 6) is -0.383. The lowest BCUT2D eigenvalue weighted by atomic mass is 10.0. The van der Waals surface area contributed by atoms with Crippen molar-refractivity contribution in [2.45, 2.75) is 24.4 Å². The fraction of sp³-hybridized carbons (Fsp3) is 0.818. The molecule has 0 bridgehead atoms. The lowest BCUT2D eigenvalue weighted by molar-refractivity contribution is -0.862. The molecule has 1 amide bonds. The molecular weight excluding hydrogens is 270 g/mol. The number of aliphatic hydroxyl groups is 5. The Labute approximate surface area is 117 Å². The Morgan fingerprint density at radius 2 is 1.75 bits per heavy atom. The number of carbonyl (C=O) groups is 1. The third-order valence-electron chi connectivity index (χ3n) is 2.32. The standard InChI is InChI=1S/C11H23N3O6/c1-14(2,3)5-9(18)13-12-4-7(16)10(19)11(20)8(17)6-15/h4,7-8,10-11,15-17,19-20H,5-6H2,1-3H3/p+1/b12-4-/t7-,8-,10+,11-/m1/s1. The molecule has 0 aliphatic carbocycles. The average Bonchev–Trinajstić information content (AvgIpc) is 2.33. The van der Waals surface area contributed by atoms with Crippen molar-refractivity contribution in [1.82, 2.24) is 5.43 Å². The largest absolute Gasteiger partial charge is 0.394 e. The van der Waals surface area contributed by atoms with Gasteiger partial charge in [-0.3, -0.25) is 4.79 Å². The van der Waals surface area contributed by atoms with E-state index in [0.717, 1.165) is 6.21 Å². The first-order valence-corrected chi connectivity index (χ1v) is 6.04. The molecule has 118 valence electrons. The fourth-order valence-electron chi connectivity index (χ4n) is 1.28. The molecular formula is C11H24N3O6+. The van der Waals surface area contributed by atoms with Crippen LogP contribution in [-0.2, 0) is 4.79 Å². The van der Waals surface area contributed by atoms with E-state index in [0.29, 0.717) is 4.48 Å². The van der Waals surface area contributed by atoms with Gasteiger partial charge in [0.2, 0.25) is 0 Å². The fourth-order valence-corrected chi connectivity index (χ4v) is 1.28. The Bertz CT molecular complexity index is 331. The molecule has 6 N–H and O–H groups in total. The van der Waals surface area contributed by atoms with Crippen molar-refractivity contribution >= 4 is 12.1 Å². The van der Waals surface area contributed by atoms with Crippen LogP contribution >= 0.6 is 0 Å². The monoisotopic (exact) mass is 294 g/mol. The van der Waals surface area contributed by atoms with Crippen molar-refractivity contribution < 1.29 is 34.8 Å². The van der Waals surface area contributed by atoms with Crippen molar-refractivity contribution in [3.8, 4) is 0 Å². The molecule has 0 aromatic heterocycles. The Kier molecular flexibility index (Phi) is 7.79. The number of nitrogens with zero attached hydrogens (tertiary/aromatic N) is 2. The Morgan fingerprint density at radius 3 is 2.20 bits per heavy atom. The highest BCUT2D eigenvalue weighted by Crippen LogP contribution is 2.03. The molecule has 0 unspecified atom stereocenters. The van der Waals surface area contributed by atoms with Crippen molar-refractivity contribution in [2.24, 2.45) is 5.10 Å². The predicted octanol–water partition coefficient (Wildman–Crippen LogP) is -3.77. The number of quaternary nitrogens is 1. The highest BCUT2D eigenvalue weighted by Gasteiger charge is 2.29. The van der Waals surface area contributed by atoms with E-state index in [2.05, 4.69) is 10.5 Å². The molecule has 20 heavy (non-hydrogen) atoms. The van der Waals surface area contributed by atoms with Gasteiger partial charge in [-0.2, -0.15) is 5.10 Å². The summed E-state index contributed by atoms with van der Waals surface area (Å²) in [5.41, 5.74) is 2.16. The highest BCUT2D eigenvalue weighted by molar-refractivity contribution is 5.78. The SMILES string of the molecule is C[N+](C)(C)CC(=O)N/N=C\[C@@H](O)[C@H](O)[C@H](O)[C@H](O)CO. The molecule has 0 radical (unpaired) electrons. The van der Waals surface area contributed by atoms with E-state index in [1.165, 1.54) is 0 Å². The number of carbonyl (C=O) groups excluding carboxylic acids is 1. The summed E-state index contributed by atoms with van der Waals surface area (Å²) in [5, 5.41) is 49.4. The normalized spacial score (nSPS) is 18.6. The second-order valence-electron chi connectivity index (χ2n) is 5.48. The van der Waals surface area contributed by atoms with Crippen LogP contribution in [0.3, 0.4) is 0 Å². The number of hydrogen-bond donors (Lipinski definition) is 6. The van der Waals surface area contributed by atoms with Gasteiger partial charge in [-0.15, -0.1) is 0 Å². The first-order valence-electron chi connectivity index (χ1n) is 6.04. The van der Waals surface area contributed by atoms with Crippen LogP contribution in [-0.4, -0.2) is 101 Å². The summed E-state index contributed by atoms with van der Waals surface area (Å²) >= 11 is 0. The molecule has 0 aromatic carbocycles. The molecule has 0 saturated heterocycles. The zero-order valence-electron chi connectivity index (χ0n) is 11.8. The third kappa shape index (κ3) is 7.48. The van der Waals surface area contributed by atoms with E-state index in [9.17, 15) is 20.1 Å². The number of hydrazone groups is 1. The summed E-state index contributed by atoms with van der Waals surface area (Å²) in [6, 6.07) is 0. The molecule has 0 rings (SSSR count). The lowest BCUT2D eigenvalue weighted by Crippen LogP contribution is -2.46. The Hall–Kier alpha value is -1.10. The van der Waals surface area contributed by atoms with Crippen molar-refractivity contribution in [3.05, 3.63) is 0 Å². The quantitative estimate of drug-likeness (QED) is 0.154. The second kappa shape index (κ2) is 8.25. The van der Waals surface area contributed by atoms with Gasteiger partial charge in [0, 0.05) is 0 Å². The van der Waals surface area contributed by atoms with Gasteiger partial charge in [0.1, 0.15) is 24.4 Å². The van der Waals surface area contributed by atoms with Gasteiger partial charge >= 0.3 is 0 Å². The molecule has 9 nitrogen and oxygen atoms in total. The van der Waals surface area contributed by atoms with E-state index < -0.39 is 31.0 Å². The van der Waals surface area contributed by atoms with Crippen LogP contribution in [0.15, 0.2) is 5.10 Å². The number of hydrogen-bond acceptors (Lipinski definition) is 7. The van der Waals surface area contributed by atoms with Gasteiger partial charge < -0.3 is 30.0 Å². The maximum atomic E-state index is 11.4. The summed E-state index contributed by atoms with van der Waals surface area (Å²) < 4.78 is 0.397. The second-order valence-corrected chi connectivity index (χ2v) is 5.48. The molecule has 0 aromatic rings. The number of rotatable bonds is 8. The van der Waals surface area contributed by atoms with Crippen LogP contribution in [0, 0.1) is 0 Å². The lowest BCUT2D eigenvalue weighted by Gasteiger charge is -2.23. The summed E-state index contributed by atoms with van der Waals surface area (Å²) in [6.07, 6.45) is -5.83. The van der Waals surface area contributed by atoms with Gasteiger partial charge in [-0.05, 0) is 0 Å². The van der Waals surface area contributed by atoms with Gasteiger partial charge in [0.05, 0.1) is 34.0 Å². The average molecular weight is 294 g/mol. The van der Waals surface area contributed by atoms with Crippen molar-refractivity contribution in [2.75, 3.05) is 34.3 Å². The van der Waals surface area contributed by atoms with Crippen LogP contribution in [0.1, 0.15) is 0 Å². The van der Waals surface area contributed by atoms with Gasteiger partial charge in [-0.25, -0.2) is 5.43 Å². The molecule has 0 fully saturated rings. The summed E-state index contributed by atoms with van der Waals surface area (Å²) in [6.45, 7) is -0.593. The summed E-state index contributed by atoms with van der Waals surface area (Å²) in [7, 11) is 5.44. The minimum Gasteiger partial charge on any atom is -0.394 e. The third-order valence-corrected chi connectivity index (χ3v) is 2.32. The maximum Gasteiger partial charge on any atom is 0.295 e. The smallest absolute Gasteiger partial charge is 0.295 e. The van der Waals surface area contributed by atoms with Crippen LogP contribution in [0.2, 0.25) is 0 Å². The van der Waals surface area contributed by atoms with E-state index in [1.54, 1.807) is 0 Å². The Morgan fingerprint density at radius 1 is 1.20 bits per heavy atom. The van der Waals surface area contributed by atoms with Crippen LogP contribution < -0.4 is 5.43 Å². The Balaban J connectivity index is 4.29. The molecule has 4 atom stereocenters. The van der Waals surface area contributed by atoms with E-state index in [-0.39, 0.29) is 12.5 Å². The van der Waals surface area contributed by atoms with Crippen LogP contribution in [0.25, 0.3) is 0 Å². The van der Waals surface area contributed by atoms with E-state index in [4.69, 9.17) is 10.2 Å². The van der Waals surface area contributed by atoms with Gasteiger partial charge in [-0.1, -0.05) is 0 Å². The maximum absolute atomic E-state index is 11.4. The predicted molar refractivity (Wildman–Crippen MR) is 70.6 cm³/mol. The molecule has 0 aliphatic rings. The molecule has 9 heteroatoms. The van der Waals surface area contributed by atoms with Crippen LogP contribution in [0.4, 0.5) is 0 Å². The molecule has 0 saturated carbocycles. The van der Waals surface area contributed by atoms with E-state index >= 15 is 0 Å². The molecule has 0 heterocycles. The minimum atomic E-state index is -1.74. The van der Waals surface area contributed by atoms with Gasteiger partial charge in [0.25, 0.3) is 5.91 Å².